The van der Waals surface area contributed by atoms with Crippen LogP contribution < -0.4 is 0 Å². The molecule has 0 aliphatic carbocycles. The zero-order chi connectivity index (χ0) is 17.7. The van der Waals surface area contributed by atoms with E-state index in [-0.39, 0.29) is 18.2 Å². The van der Waals surface area contributed by atoms with Crippen molar-refractivity contribution in [1.82, 2.24) is 4.90 Å². The van der Waals surface area contributed by atoms with Gasteiger partial charge in [-0.05, 0) is 17.9 Å². The quantitative estimate of drug-likeness (QED) is 0.656. The van der Waals surface area contributed by atoms with Crippen molar-refractivity contribution >= 4 is 28.6 Å². The van der Waals surface area contributed by atoms with E-state index in [0.29, 0.717) is 23.7 Å². The maximum absolute atomic E-state index is 11.1. The molecule has 0 spiro atoms. The van der Waals surface area contributed by atoms with Crippen LogP contribution in [0.25, 0.3) is 0 Å². The predicted octanol–water partition coefficient (Wildman–Crippen LogP) is 3.79. The molecule has 1 unspecified atom stereocenters. The summed E-state index contributed by atoms with van der Waals surface area (Å²) in [6.07, 6.45) is 0.577. The number of nitro groups is 1. The number of aliphatic imine (C=N–C) groups is 1. The fourth-order valence-corrected chi connectivity index (χ4v) is 3.59. The van der Waals surface area contributed by atoms with Crippen molar-refractivity contribution in [2.24, 2.45) is 4.99 Å². The fourth-order valence-electron chi connectivity index (χ4n) is 2.61. The molecule has 3 rings (SSSR count). The highest BCUT2D eigenvalue weighted by Gasteiger charge is 2.32. The third-order valence-corrected chi connectivity index (χ3v) is 4.52. The largest absolute Gasteiger partial charge is 0.481 e. The van der Waals surface area contributed by atoms with Gasteiger partial charge in [0, 0.05) is 18.3 Å². The molecule has 2 aliphatic rings. The molecule has 0 saturated heterocycles. The molecule has 0 saturated carbocycles. The minimum atomic E-state index is -0.881. The van der Waals surface area contributed by atoms with Crippen molar-refractivity contribution < 1.29 is 14.8 Å². The van der Waals surface area contributed by atoms with Gasteiger partial charge in [0.25, 0.3) is 5.69 Å². The van der Waals surface area contributed by atoms with E-state index in [0.717, 1.165) is 5.70 Å². The number of hydrogen-bond donors (Lipinski definition) is 1. The lowest BCUT2D eigenvalue weighted by Crippen LogP contribution is -2.31. The highest BCUT2D eigenvalue weighted by atomic mass is 32.2. The summed E-state index contributed by atoms with van der Waals surface area (Å²) in [5.41, 5.74) is 1.40. The molecule has 0 bridgehead atoms. The van der Waals surface area contributed by atoms with Gasteiger partial charge in [-0.3, -0.25) is 19.9 Å². The van der Waals surface area contributed by atoms with Gasteiger partial charge in [-0.2, -0.15) is 0 Å². The lowest BCUT2D eigenvalue weighted by atomic mass is 10.0. The van der Waals surface area contributed by atoms with Gasteiger partial charge in [0.15, 0.2) is 5.17 Å². The number of nitrogens with zero attached hydrogens (tertiary/aromatic N) is 3. The van der Waals surface area contributed by atoms with Crippen molar-refractivity contribution in [2.75, 3.05) is 6.54 Å². The molecule has 2 heterocycles. The van der Waals surface area contributed by atoms with Crippen LogP contribution >= 0.6 is 11.8 Å². The second-order valence-corrected chi connectivity index (χ2v) is 5.82. The number of rotatable bonds is 4. The molecule has 1 aromatic carbocycles. The zero-order valence-corrected chi connectivity index (χ0v) is 14.3. The number of aliphatic carboxylic acids is 1. The Labute approximate surface area is 144 Å². The summed E-state index contributed by atoms with van der Waals surface area (Å²) in [4.78, 5) is 28.0. The van der Waals surface area contributed by atoms with Crippen molar-refractivity contribution in [1.29, 1.82) is 0 Å². The van der Waals surface area contributed by atoms with Gasteiger partial charge in [0.2, 0.25) is 0 Å². The van der Waals surface area contributed by atoms with Crippen LogP contribution in [-0.4, -0.2) is 32.6 Å². The monoisotopic (exact) mass is 349 g/mol. The summed E-state index contributed by atoms with van der Waals surface area (Å²) < 4.78 is 0. The Balaban J connectivity index is 0.00000100. The van der Waals surface area contributed by atoms with E-state index in [1.54, 1.807) is 23.6 Å². The highest BCUT2D eigenvalue weighted by Crippen LogP contribution is 2.38. The molecule has 8 heteroatoms. The third kappa shape index (κ3) is 3.76. The Hall–Kier alpha value is -2.35. The van der Waals surface area contributed by atoms with Gasteiger partial charge in [-0.15, -0.1) is 0 Å². The lowest BCUT2D eigenvalue weighted by molar-refractivity contribution is -0.385. The summed E-state index contributed by atoms with van der Waals surface area (Å²) in [6, 6.07) is 6.36. The van der Waals surface area contributed by atoms with Crippen LogP contribution in [0.1, 0.15) is 38.3 Å². The molecule has 0 radical (unpaired) electrons. The van der Waals surface area contributed by atoms with E-state index in [1.807, 2.05) is 18.7 Å². The van der Waals surface area contributed by atoms with E-state index in [1.165, 1.54) is 17.8 Å². The molecule has 128 valence electrons. The second kappa shape index (κ2) is 7.96. The first kappa shape index (κ1) is 18.0. The topological polar surface area (TPSA) is 96.0 Å². The molecular formula is C16H19N3O4S. The van der Waals surface area contributed by atoms with Crippen LogP contribution in [0, 0.1) is 10.1 Å². The molecule has 0 aromatic heterocycles. The first-order chi connectivity index (χ1) is 11.6. The number of fused-ring (bicyclic) bond motifs is 1. The van der Waals surface area contributed by atoms with E-state index in [2.05, 4.69) is 4.99 Å². The third-order valence-electron chi connectivity index (χ3n) is 3.60. The second-order valence-electron chi connectivity index (χ2n) is 4.98. The Morgan fingerprint density at radius 3 is 2.83 bits per heavy atom. The van der Waals surface area contributed by atoms with E-state index < -0.39 is 10.9 Å². The van der Waals surface area contributed by atoms with Crippen molar-refractivity contribution in [2.45, 2.75) is 32.7 Å². The minimum absolute atomic E-state index is 0.0395. The molecule has 24 heavy (non-hydrogen) atoms. The molecule has 1 atom stereocenters. The molecule has 0 fully saturated rings. The number of carbonyl (C=O) groups is 1. The average Bonchev–Trinajstić information content (AvgIpc) is 2.98. The summed E-state index contributed by atoms with van der Waals surface area (Å²) >= 11 is 1.37. The molecule has 7 nitrogen and oxygen atoms in total. The van der Waals surface area contributed by atoms with Crippen molar-refractivity contribution in [3.8, 4) is 0 Å². The Bertz CT molecular complexity index is 702. The average molecular weight is 349 g/mol. The van der Waals surface area contributed by atoms with Crippen LogP contribution in [0.5, 0.6) is 0 Å². The van der Waals surface area contributed by atoms with Gasteiger partial charge in [-0.25, -0.2) is 0 Å². The first-order valence-electron chi connectivity index (χ1n) is 7.72. The minimum Gasteiger partial charge on any atom is -0.481 e. The SMILES string of the molecule is CC.O=C(O)CC1=CSC2=NC(c3ccccc3[N+](=O)[O-])CCN12. The maximum Gasteiger partial charge on any atom is 0.309 e. The maximum atomic E-state index is 11.1. The number of amidine groups is 1. The number of nitro benzene ring substituents is 1. The zero-order valence-electron chi connectivity index (χ0n) is 13.5. The van der Waals surface area contributed by atoms with Crippen LogP contribution in [-0.2, 0) is 4.79 Å². The van der Waals surface area contributed by atoms with E-state index in [9.17, 15) is 14.9 Å². The van der Waals surface area contributed by atoms with E-state index in [4.69, 9.17) is 5.11 Å². The molecule has 2 aliphatic heterocycles. The summed E-state index contributed by atoms with van der Waals surface area (Å²) in [5.74, 6) is -0.881. The molecule has 1 aromatic rings. The van der Waals surface area contributed by atoms with Crippen LogP contribution in [0.15, 0.2) is 40.4 Å². The van der Waals surface area contributed by atoms with Gasteiger partial charge in [0.1, 0.15) is 0 Å². The van der Waals surface area contributed by atoms with Crippen LogP contribution in [0.2, 0.25) is 0 Å². The number of thioether (sulfide) groups is 1. The fraction of sp³-hybridized carbons (Fsp3) is 0.375. The number of para-hydroxylation sites is 1. The first-order valence-corrected chi connectivity index (χ1v) is 8.60. The normalized spacial score (nSPS) is 18.8. The van der Waals surface area contributed by atoms with E-state index >= 15 is 0 Å². The summed E-state index contributed by atoms with van der Waals surface area (Å²) in [7, 11) is 0. The molecule has 0 amide bonds. The van der Waals surface area contributed by atoms with Gasteiger partial charge < -0.3 is 10.0 Å². The smallest absolute Gasteiger partial charge is 0.309 e. The van der Waals surface area contributed by atoms with Gasteiger partial charge >= 0.3 is 5.97 Å². The number of carboxylic acids is 1. The van der Waals surface area contributed by atoms with Gasteiger partial charge in [0.05, 0.1) is 22.9 Å². The number of benzene rings is 1. The standard InChI is InChI=1S/C14H13N3O4S.C2H6/c18-13(19)7-9-8-22-14-15-11(5-6-16(9)14)10-3-1-2-4-12(10)17(20)21;1-2/h1-4,8,11H,5-7H2,(H,18,19);1-2H3. The highest BCUT2D eigenvalue weighted by molar-refractivity contribution is 8.16. The van der Waals surface area contributed by atoms with Gasteiger partial charge in [-0.1, -0.05) is 37.7 Å². The lowest BCUT2D eigenvalue weighted by Gasteiger charge is -2.29. The Morgan fingerprint density at radius 2 is 2.17 bits per heavy atom. The number of hydrogen-bond acceptors (Lipinski definition) is 6. The summed E-state index contributed by atoms with van der Waals surface area (Å²) in [5, 5.41) is 22.5. The molecular weight excluding hydrogens is 330 g/mol. The summed E-state index contributed by atoms with van der Waals surface area (Å²) in [6.45, 7) is 4.61. The van der Waals surface area contributed by atoms with Crippen LogP contribution in [0.3, 0.4) is 0 Å². The molecule has 1 N–H and O–H groups in total. The Kier molecular flexibility index (Phi) is 5.97. The van der Waals surface area contributed by atoms with Crippen LogP contribution in [0.4, 0.5) is 5.69 Å². The van der Waals surface area contributed by atoms with Crippen molar-refractivity contribution in [3.63, 3.8) is 0 Å². The Morgan fingerprint density at radius 1 is 1.46 bits per heavy atom. The predicted molar refractivity (Wildman–Crippen MR) is 93.9 cm³/mol. The number of carboxylic acid groups (broad SMARTS) is 1. The van der Waals surface area contributed by atoms with Crippen molar-refractivity contribution in [3.05, 3.63) is 51.0 Å².